The Morgan fingerprint density at radius 2 is 1.88 bits per heavy atom. The molecular weight excluding hydrogens is 349 g/mol. The minimum Gasteiger partial charge on any atom is -0.497 e. The molecule has 0 aliphatic heterocycles. The highest BCUT2D eigenvalue weighted by Crippen LogP contribution is 2.28. The van der Waals surface area contributed by atoms with Crippen molar-refractivity contribution in [3.63, 3.8) is 0 Å². The highest BCUT2D eigenvalue weighted by molar-refractivity contribution is 6.34. The van der Waals surface area contributed by atoms with Crippen molar-refractivity contribution in [1.29, 1.82) is 0 Å². The average Bonchev–Trinajstić information content (AvgIpc) is 2.58. The molecule has 1 unspecified atom stereocenters. The number of carbonyl (C=O) groups excluding carboxylic acids is 1. The van der Waals surface area contributed by atoms with E-state index < -0.39 is 6.10 Å². The summed E-state index contributed by atoms with van der Waals surface area (Å²) in [6, 6.07) is 12.6. The van der Waals surface area contributed by atoms with Crippen molar-refractivity contribution in [3.05, 3.63) is 58.1 Å². The molecule has 4 nitrogen and oxygen atoms in total. The number of carbonyl (C=O) groups is 1. The van der Waals surface area contributed by atoms with Crippen LogP contribution in [0.15, 0.2) is 42.5 Å². The number of hydrogen-bond donors (Lipinski definition) is 1. The predicted molar refractivity (Wildman–Crippen MR) is 96.3 cm³/mol. The lowest BCUT2D eigenvalue weighted by Crippen LogP contribution is -2.37. The van der Waals surface area contributed by atoms with Gasteiger partial charge in [-0.25, -0.2) is 0 Å². The molecule has 2 aromatic rings. The van der Waals surface area contributed by atoms with Gasteiger partial charge < -0.3 is 14.8 Å². The molecule has 0 aliphatic rings. The zero-order valence-corrected chi connectivity index (χ0v) is 15.0. The number of rotatable bonds is 7. The second-order valence-electron chi connectivity index (χ2n) is 5.22. The standard InChI is InChI=1S/C18H19Cl2NO3/c1-12(24-17-11-14(19)5-8-16(17)20)18(22)21-10-9-13-3-6-15(23-2)7-4-13/h3-8,11-12H,9-10H2,1-2H3,(H,21,22). The summed E-state index contributed by atoms with van der Waals surface area (Å²) < 4.78 is 10.7. The third-order valence-electron chi connectivity index (χ3n) is 3.44. The molecule has 0 saturated heterocycles. The number of ether oxygens (including phenoxy) is 2. The summed E-state index contributed by atoms with van der Waals surface area (Å²) in [5.41, 5.74) is 1.11. The summed E-state index contributed by atoms with van der Waals surface area (Å²) in [4.78, 5) is 12.1. The molecule has 1 amide bonds. The van der Waals surface area contributed by atoms with E-state index >= 15 is 0 Å². The van der Waals surface area contributed by atoms with Gasteiger partial charge in [0, 0.05) is 17.6 Å². The Hall–Kier alpha value is -1.91. The highest BCUT2D eigenvalue weighted by Gasteiger charge is 2.16. The quantitative estimate of drug-likeness (QED) is 0.800. The average molecular weight is 368 g/mol. The molecule has 0 bridgehead atoms. The lowest BCUT2D eigenvalue weighted by molar-refractivity contribution is -0.127. The first-order valence-corrected chi connectivity index (χ1v) is 8.27. The van der Waals surface area contributed by atoms with E-state index in [1.165, 1.54) is 0 Å². The SMILES string of the molecule is COc1ccc(CCNC(=O)C(C)Oc2cc(Cl)ccc2Cl)cc1. The molecule has 0 aromatic heterocycles. The van der Waals surface area contributed by atoms with Gasteiger partial charge in [0.2, 0.25) is 0 Å². The molecule has 128 valence electrons. The van der Waals surface area contributed by atoms with Gasteiger partial charge in [0.1, 0.15) is 11.5 Å². The fourth-order valence-electron chi connectivity index (χ4n) is 2.08. The van der Waals surface area contributed by atoms with Crippen LogP contribution in [0.25, 0.3) is 0 Å². The van der Waals surface area contributed by atoms with Gasteiger partial charge >= 0.3 is 0 Å². The minimum absolute atomic E-state index is 0.209. The maximum Gasteiger partial charge on any atom is 0.260 e. The van der Waals surface area contributed by atoms with Crippen LogP contribution in [0, 0.1) is 0 Å². The normalized spacial score (nSPS) is 11.7. The van der Waals surface area contributed by atoms with Crippen LogP contribution >= 0.6 is 23.2 Å². The Morgan fingerprint density at radius 1 is 1.17 bits per heavy atom. The largest absolute Gasteiger partial charge is 0.497 e. The van der Waals surface area contributed by atoms with E-state index in [0.717, 1.165) is 17.7 Å². The van der Waals surface area contributed by atoms with Crippen LogP contribution in [0.3, 0.4) is 0 Å². The first kappa shape index (κ1) is 18.4. The zero-order valence-electron chi connectivity index (χ0n) is 13.5. The molecule has 0 aliphatic carbocycles. The molecular formula is C18H19Cl2NO3. The zero-order chi connectivity index (χ0) is 17.5. The van der Waals surface area contributed by atoms with Crippen molar-refractivity contribution in [3.8, 4) is 11.5 Å². The Morgan fingerprint density at radius 3 is 2.54 bits per heavy atom. The maximum atomic E-state index is 12.1. The van der Waals surface area contributed by atoms with Crippen LogP contribution in [0.2, 0.25) is 10.0 Å². The van der Waals surface area contributed by atoms with Crippen molar-refractivity contribution in [2.45, 2.75) is 19.4 Å². The lowest BCUT2D eigenvalue weighted by atomic mass is 10.1. The summed E-state index contributed by atoms with van der Waals surface area (Å²) in [6.45, 7) is 2.18. The van der Waals surface area contributed by atoms with Gasteiger partial charge in [-0.3, -0.25) is 4.79 Å². The Balaban J connectivity index is 1.81. The van der Waals surface area contributed by atoms with E-state index in [4.69, 9.17) is 32.7 Å². The third-order valence-corrected chi connectivity index (χ3v) is 3.99. The second-order valence-corrected chi connectivity index (χ2v) is 6.07. The van der Waals surface area contributed by atoms with Gasteiger partial charge in [-0.05, 0) is 43.2 Å². The molecule has 0 radical (unpaired) electrons. The van der Waals surface area contributed by atoms with Crippen LogP contribution in [0.5, 0.6) is 11.5 Å². The van der Waals surface area contributed by atoms with E-state index in [2.05, 4.69) is 5.32 Å². The van der Waals surface area contributed by atoms with Gasteiger partial charge in [-0.2, -0.15) is 0 Å². The first-order chi connectivity index (χ1) is 11.5. The Bertz CT molecular complexity index is 689. The number of halogens is 2. The third kappa shape index (κ3) is 5.32. The number of hydrogen-bond acceptors (Lipinski definition) is 3. The molecule has 2 aromatic carbocycles. The van der Waals surface area contributed by atoms with Gasteiger partial charge in [0.15, 0.2) is 6.10 Å². The van der Waals surface area contributed by atoms with Crippen molar-refractivity contribution >= 4 is 29.1 Å². The Labute approximate surface area is 151 Å². The summed E-state index contributed by atoms with van der Waals surface area (Å²) >= 11 is 11.9. The first-order valence-electron chi connectivity index (χ1n) is 7.52. The van der Waals surface area contributed by atoms with Crippen LogP contribution in [0.1, 0.15) is 12.5 Å². The smallest absolute Gasteiger partial charge is 0.260 e. The number of nitrogens with one attached hydrogen (secondary N) is 1. The van der Waals surface area contributed by atoms with Gasteiger partial charge in [0.05, 0.1) is 12.1 Å². The predicted octanol–water partition coefficient (Wildman–Crippen LogP) is 4.13. The summed E-state index contributed by atoms with van der Waals surface area (Å²) in [6.07, 6.45) is 0.0530. The lowest BCUT2D eigenvalue weighted by Gasteiger charge is -2.16. The van der Waals surface area contributed by atoms with Crippen molar-refractivity contribution in [1.82, 2.24) is 5.32 Å². The molecule has 0 heterocycles. The number of benzene rings is 2. The molecule has 6 heteroatoms. The molecule has 0 saturated carbocycles. The molecule has 2 rings (SSSR count). The monoisotopic (exact) mass is 367 g/mol. The Kier molecular flexibility index (Phi) is 6.76. The van der Waals surface area contributed by atoms with Crippen LogP contribution in [-0.4, -0.2) is 25.7 Å². The van der Waals surface area contributed by atoms with Crippen molar-refractivity contribution < 1.29 is 14.3 Å². The van der Waals surface area contributed by atoms with E-state index in [9.17, 15) is 4.79 Å². The second kappa shape index (κ2) is 8.81. The summed E-state index contributed by atoms with van der Waals surface area (Å²) in [5.74, 6) is 0.990. The van der Waals surface area contributed by atoms with Gasteiger partial charge in [-0.1, -0.05) is 35.3 Å². The van der Waals surface area contributed by atoms with Gasteiger partial charge in [0.25, 0.3) is 5.91 Å². The fraction of sp³-hybridized carbons (Fsp3) is 0.278. The highest BCUT2D eigenvalue weighted by atomic mass is 35.5. The van der Waals surface area contributed by atoms with Crippen LogP contribution < -0.4 is 14.8 Å². The van der Waals surface area contributed by atoms with Crippen molar-refractivity contribution in [2.75, 3.05) is 13.7 Å². The van der Waals surface area contributed by atoms with Gasteiger partial charge in [-0.15, -0.1) is 0 Å². The van der Waals surface area contributed by atoms with E-state index in [1.54, 1.807) is 32.2 Å². The topological polar surface area (TPSA) is 47.6 Å². The van der Waals surface area contributed by atoms with E-state index in [-0.39, 0.29) is 5.91 Å². The summed E-state index contributed by atoms with van der Waals surface area (Å²) in [7, 11) is 1.63. The van der Waals surface area contributed by atoms with E-state index in [1.807, 2.05) is 24.3 Å². The summed E-state index contributed by atoms with van der Waals surface area (Å²) in [5, 5.41) is 3.76. The van der Waals surface area contributed by atoms with Crippen LogP contribution in [0.4, 0.5) is 0 Å². The fourth-order valence-corrected chi connectivity index (χ4v) is 2.40. The molecule has 24 heavy (non-hydrogen) atoms. The maximum absolute atomic E-state index is 12.1. The minimum atomic E-state index is -0.670. The van der Waals surface area contributed by atoms with E-state index in [0.29, 0.717) is 22.3 Å². The van der Waals surface area contributed by atoms with Crippen molar-refractivity contribution in [2.24, 2.45) is 0 Å². The number of methoxy groups -OCH3 is 1. The molecule has 0 fully saturated rings. The molecule has 1 atom stereocenters. The van der Waals surface area contributed by atoms with Crippen LogP contribution in [-0.2, 0) is 11.2 Å². The molecule has 1 N–H and O–H groups in total. The molecule has 0 spiro atoms. The number of amides is 1.